The van der Waals surface area contributed by atoms with Crippen molar-refractivity contribution in [1.82, 2.24) is 9.21 Å². The van der Waals surface area contributed by atoms with Crippen LogP contribution in [0.3, 0.4) is 0 Å². The zero-order chi connectivity index (χ0) is 14.1. The molecule has 7 heteroatoms. The lowest BCUT2D eigenvalue weighted by Gasteiger charge is -2.38. The first-order valence-corrected chi connectivity index (χ1v) is 7.48. The Labute approximate surface area is 109 Å². The topological polar surface area (TPSA) is 77.9 Å². The Morgan fingerprint density at radius 3 is 1.94 bits per heavy atom. The molecule has 18 heavy (non-hydrogen) atoms. The van der Waals surface area contributed by atoms with Gasteiger partial charge in [-0.25, -0.2) is 8.42 Å². The molecule has 1 rings (SSSR count). The number of piperazine rings is 1. The Bertz CT molecular complexity index is 405. The summed E-state index contributed by atoms with van der Waals surface area (Å²) in [6.45, 7) is 8.29. The summed E-state index contributed by atoms with van der Waals surface area (Å²) in [4.78, 5) is 12.7. The van der Waals surface area contributed by atoms with Gasteiger partial charge in [-0.15, -0.1) is 0 Å². The number of carboxylic acid groups (broad SMARTS) is 1. The van der Waals surface area contributed by atoms with Gasteiger partial charge in [0, 0.05) is 26.2 Å². The van der Waals surface area contributed by atoms with E-state index in [1.54, 1.807) is 32.6 Å². The summed E-state index contributed by atoms with van der Waals surface area (Å²) in [5.41, 5.74) is 0. The Morgan fingerprint density at radius 2 is 1.61 bits per heavy atom. The second kappa shape index (κ2) is 5.14. The highest BCUT2D eigenvalue weighted by molar-refractivity contribution is 7.90. The van der Waals surface area contributed by atoms with Crippen LogP contribution in [0.15, 0.2) is 0 Å². The molecule has 0 aromatic carbocycles. The molecular weight excluding hydrogens is 256 g/mol. The van der Waals surface area contributed by atoms with Crippen LogP contribution in [0.1, 0.15) is 27.7 Å². The van der Waals surface area contributed by atoms with Crippen molar-refractivity contribution in [3.63, 3.8) is 0 Å². The van der Waals surface area contributed by atoms with Gasteiger partial charge in [0.2, 0.25) is 10.0 Å². The van der Waals surface area contributed by atoms with Gasteiger partial charge in [-0.3, -0.25) is 9.69 Å². The van der Waals surface area contributed by atoms with Gasteiger partial charge in [0.1, 0.15) is 6.04 Å². The molecule has 1 heterocycles. The van der Waals surface area contributed by atoms with Crippen molar-refractivity contribution in [2.24, 2.45) is 0 Å². The van der Waals surface area contributed by atoms with Crippen LogP contribution in [0, 0.1) is 0 Å². The second-order valence-electron chi connectivity index (χ2n) is 5.57. The van der Waals surface area contributed by atoms with Crippen molar-refractivity contribution in [1.29, 1.82) is 0 Å². The van der Waals surface area contributed by atoms with Gasteiger partial charge < -0.3 is 5.11 Å². The Morgan fingerprint density at radius 1 is 1.17 bits per heavy atom. The van der Waals surface area contributed by atoms with Crippen LogP contribution in [0.5, 0.6) is 0 Å². The highest BCUT2D eigenvalue weighted by Gasteiger charge is 2.37. The third-order valence-corrected chi connectivity index (χ3v) is 5.88. The van der Waals surface area contributed by atoms with E-state index in [-0.39, 0.29) is 0 Å². The molecule has 0 spiro atoms. The van der Waals surface area contributed by atoms with E-state index >= 15 is 0 Å². The van der Waals surface area contributed by atoms with Crippen LogP contribution in [0.4, 0.5) is 0 Å². The molecular formula is C11H22N2O4S. The first-order chi connectivity index (χ1) is 8.07. The molecule has 1 fully saturated rings. The molecule has 0 aromatic heterocycles. The maximum atomic E-state index is 12.2. The predicted molar refractivity (Wildman–Crippen MR) is 68.9 cm³/mol. The zero-order valence-electron chi connectivity index (χ0n) is 11.4. The number of carbonyl (C=O) groups is 1. The van der Waals surface area contributed by atoms with Crippen LogP contribution in [0.2, 0.25) is 0 Å². The number of hydrogen-bond donors (Lipinski definition) is 1. The lowest BCUT2D eigenvalue weighted by molar-refractivity contribution is -0.143. The third-order valence-electron chi connectivity index (χ3n) is 3.29. The smallest absolute Gasteiger partial charge is 0.320 e. The SMILES string of the molecule is CC(C(=O)O)N1CCN(S(=O)(=O)C(C)(C)C)CC1. The molecule has 1 N–H and O–H groups in total. The van der Waals surface area contributed by atoms with Gasteiger partial charge in [0.25, 0.3) is 0 Å². The molecule has 0 aliphatic carbocycles. The lowest BCUT2D eigenvalue weighted by atomic mass is 10.2. The second-order valence-corrected chi connectivity index (χ2v) is 8.26. The van der Waals surface area contributed by atoms with Crippen molar-refractivity contribution in [2.45, 2.75) is 38.5 Å². The Hall–Kier alpha value is -0.660. The van der Waals surface area contributed by atoms with Gasteiger partial charge in [0.15, 0.2) is 0 Å². The summed E-state index contributed by atoms with van der Waals surface area (Å²) in [7, 11) is -3.31. The minimum absolute atomic E-state index is 0.358. The van der Waals surface area contributed by atoms with Crippen LogP contribution >= 0.6 is 0 Å². The summed E-state index contributed by atoms with van der Waals surface area (Å²) in [5, 5.41) is 8.92. The fourth-order valence-electron chi connectivity index (χ4n) is 1.87. The summed E-state index contributed by atoms with van der Waals surface area (Å²) < 4.78 is 25.1. The van der Waals surface area contributed by atoms with E-state index in [4.69, 9.17) is 5.11 Å². The molecule has 6 nitrogen and oxygen atoms in total. The van der Waals surface area contributed by atoms with E-state index in [1.165, 1.54) is 4.31 Å². The first-order valence-electron chi connectivity index (χ1n) is 6.04. The van der Waals surface area contributed by atoms with Crippen molar-refractivity contribution in [3.05, 3.63) is 0 Å². The van der Waals surface area contributed by atoms with Crippen molar-refractivity contribution in [3.8, 4) is 0 Å². The Kier molecular flexibility index (Phi) is 4.40. The van der Waals surface area contributed by atoms with Gasteiger partial charge in [-0.1, -0.05) is 0 Å². The van der Waals surface area contributed by atoms with E-state index in [1.807, 2.05) is 0 Å². The van der Waals surface area contributed by atoms with E-state index in [0.717, 1.165) is 0 Å². The number of carboxylic acids is 1. The van der Waals surface area contributed by atoms with Gasteiger partial charge in [0.05, 0.1) is 4.75 Å². The number of nitrogens with zero attached hydrogens (tertiary/aromatic N) is 2. The van der Waals surface area contributed by atoms with Gasteiger partial charge >= 0.3 is 5.97 Å². The molecule has 1 aliphatic heterocycles. The van der Waals surface area contributed by atoms with Crippen LogP contribution in [0.25, 0.3) is 0 Å². The number of aliphatic carboxylic acids is 1. The third kappa shape index (κ3) is 3.02. The summed E-state index contributed by atoms with van der Waals surface area (Å²) in [6, 6.07) is -0.565. The maximum absolute atomic E-state index is 12.2. The molecule has 0 amide bonds. The first kappa shape index (κ1) is 15.4. The van der Waals surface area contributed by atoms with Gasteiger partial charge in [-0.05, 0) is 27.7 Å². The summed E-state index contributed by atoms with van der Waals surface area (Å²) in [5.74, 6) is -0.873. The average Bonchev–Trinajstić information content (AvgIpc) is 2.26. The fraction of sp³-hybridized carbons (Fsp3) is 0.909. The van der Waals surface area contributed by atoms with Crippen LogP contribution < -0.4 is 0 Å². The van der Waals surface area contributed by atoms with Crippen molar-refractivity contribution in [2.75, 3.05) is 26.2 Å². The highest BCUT2D eigenvalue weighted by atomic mass is 32.2. The normalized spacial score (nSPS) is 21.8. The minimum atomic E-state index is -3.31. The molecule has 0 saturated carbocycles. The molecule has 0 aromatic rings. The van der Waals surface area contributed by atoms with Gasteiger partial charge in [-0.2, -0.15) is 4.31 Å². The predicted octanol–water partition coefficient (Wildman–Crippen LogP) is 0.205. The lowest BCUT2D eigenvalue weighted by Crippen LogP contribution is -2.55. The molecule has 1 atom stereocenters. The standard InChI is InChI=1S/C11H22N2O4S/c1-9(10(14)15)12-5-7-13(8-6-12)18(16,17)11(2,3)4/h9H,5-8H2,1-4H3,(H,14,15). The number of sulfonamides is 1. The van der Waals surface area contributed by atoms with Crippen molar-refractivity contribution >= 4 is 16.0 Å². The zero-order valence-corrected chi connectivity index (χ0v) is 12.2. The molecule has 1 saturated heterocycles. The summed E-state index contributed by atoms with van der Waals surface area (Å²) in [6.07, 6.45) is 0. The quantitative estimate of drug-likeness (QED) is 0.798. The van der Waals surface area contributed by atoms with E-state index < -0.39 is 26.8 Å². The number of rotatable bonds is 3. The monoisotopic (exact) mass is 278 g/mol. The maximum Gasteiger partial charge on any atom is 0.320 e. The average molecular weight is 278 g/mol. The fourth-order valence-corrected chi connectivity index (χ4v) is 3.29. The molecule has 0 radical (unpaired) electrons. The van der Waals surface area contributed by atoms with Crippen molar-refractivity contribution < 1.29 is 18.3 Å². The number of hydrogen-bond acceptors (Lipinski definition) is 4. The molecule has 1 aliphatic rings. The molecule has 1 unspecified atom stereocenters. The van der Waals surface area contributed by atoms with Crippen LogP contribution in [-0.2, 0) is 14.8 Å². The molecule has 0 bridgehead atoms. The Balaban J connectivity index is 2.68. The summed E-state index contributed by atoms with van der Waals surface area (Å²) >= 11 is 0. The highest BCUT2D eigenvalue weighted by Crippen LogP contribution is 2.21. The van der Waals surface area contributed by atoms with E-state index in [2.05, 4.69) is 0 Å². The van der Waals surface area contributed by atoms with E-state index in [0.29, 0.717) is 26.2 Å². The van der Waals surface area contributed by atoms with Crippen LogP contribution in [-0.4, -0.2) is 65.7 Å². The molecule has 106 valence electrons. The largest absolute Gasteiger partial charge is 0.480 e. The van der Waals surface area contributed by atoms with E-state index in [9.17, 15) is 13.2 Å². The minimum Gasteiger partial charge on any atom is -0.480 e.